The molecule has 0 aromatic rings. The first kappa shape index (κ1) is 8.52. The number of nitrogens with two attached hydrogens (primary N) is 1. The van der Waals surface area contributed by atoms with Gasteiger partial charge in [-0.2, -0.15) is 0 Å². The highest BCUT2D eigenvalue weighted by Crippen LogP contribution is 2.61. The van der Waals surface area contributed by atoms with Gasteiger partial charge in [0.25, 0.3) is 0 Å². The largest absolute Gasteiger partial charge is 0.327 e. The molecule has 0 bridgehead atoms. The summed E-state index contributed by atoms with van der Waals surface area (Å²) < 4.78 is 0. The van der Waals surface area contributed by atoms with Gasteiger partial charge in [0.1, 0.15) is 0 Å². The second-order valence-corrected chi connectivity index (χ2v) is 5.23. The second-order valence-electron chi connectivity index (χ2n) is 5.23. The number of nitrogens with zero attached hydrogens (tertiary/aromatic N) is 1. The Morgan fingerprint density at radius 2 is 1.92 bits per heavy atom. The molecule has 0 amide bonds. The zero-order chi connectivity index (χ0) is 8.93. The van der Waals surface area contributed by atoms with E-state index >= 15 is 0 Å². The van der Waals surface area contributed by atoms with Gasteiger partial charge < -0.3 is 10.6 Å². The van der Waals surface area contributed by atoms with Crippen LogP contribution in [0.1, 0.15) is 20.8 Å². The summed E-state index contributed by atoms with van der Waals surface area (Å²) in [7, 11) is 0. The van der Waals surface area contributed by atoms with E-state index in [0.29, 0.717) is 11.5 Å². The summed E-state index contributed by atoms with van der Waals surface area (Å²) in [5.74, 6) is 1.94. The number of hydrogen-bond donors (Lipinski definition) is 1. The number of likely N-dealkylation sites (tertiary alicyclic amines) is 1. The maximum atomic E-state index is 5.76. The maximum absolute atomic E-state index is 5.76. The Morgan fingerprint density at radius 1 is 1.42 bits per heavy atom. The quantitative estimate of drug-likeness (QED) is 0.664. The standard InChI is InChI=1S/C10H20N2/c1-7(11)4-12-5-8-9(6-12)10(8,2)3/h7-9H,4-6,11H2,1-3H3/t7-,8?,9?/m1/s1. The fourth-order valence-electron chi connectivity index (χ4n) is 2.77. The van der Waals surface area contributed by atoms with Crippen LogP contribution in [-0.4, -0.2) is 30.6 Å². The van der Waals surface area contributed by atoms with Gasteiger partial charge in [-0.15, -0.1) is 0 Å². The monoisotopic (exact) mass is 168 g/mol. The van der Waals surface area contributed by atoms with Crippen molar-refractivity contribution in [3.63, 3.8) is 0 Å². The number of fused-ring (bicyclic) bond motifs is 1. The van der Waals surface area contributed by atoms with Gasteiger partial charge in [0.05, 0.1) is 0 Å². The van der Waals surface area contributed by atoms with Crippen LogP contribution in [0.5, 0.6) is 0 Å². The first-order valence-corrected chi connectivity index (χ1v) is 4.99. The van der Waals surface area contributed by atoms with E-state index in [0.717, 1.165) is 18.4 Å². The SMILES string of the molecule is C[C@@H](N)CN1CC2C(C1)C2(C)C. The fraction of sp³-hybridized carbons (Fsp3) is 1.00. The third-order valence-corrected chi connectivity index (χ3v) is 3.74. The molecule has 0 aromatic carbocycles. The highest BCUT2D eigenvalue weighted by atomic mass is 15.2. The van der Waals surface area contributed by atoms with Crippen LogP contribution in [-0.2, 0) is 0 Å². The molecule has 2 heteroatoms. The van der Waals surface area contributed by atoms with Gasteiger partial charge in [-0.05, 0) is 24.2 Å². The third-order valence-electron chi connectivity index (χ3n) is 3.74. The highest BCUT2D eigenvalue weighted by molar-refractivity contribution is 5.11. The molecule has 1 aliphatic carbocycles. The van der Waals surface area contributed by atoms with E-state index in [-0.39, 0.29) is 0 Å². The lowest BCUT2D eigenvalue weighted by atomic mass is 10.1. The van der Waals surface area contributed by atoms with Crippen LogP contribution in [0, 0.1) is 17.3 Å². The van der Waals surface area contributed by atoms with E-state index in [9.17, 15) is 0 Å². The van der Waals surface area contributed by atoms with Gasteiger partial charge in [-0.25, -0.2) is 0 Å². The van der Waals surface area contributed by atoms with Crippen molar-refractivity contribution in [2.45, 2.75) is 26.8 Å². The van der Waals surface area contributed by atoms with Crippen molar-refractivity contribution in [1.82, 2.24) is 4.90 Å². The van der Waals surface area contributed by atoms with E-state index < -0.39 is 0 Å². The number of piperidine rings is 1. The molecule has 2 fully saturated rings. The van der Waals surface area contributed by atoms with Crippen molar-refractivity contribution in [3.8, 4) is 0 Å². The van der Waals surface area contributed by atoms with Crippen LogP contribution in [0.2, 0.25) is 0 Å². The molecule has 3 atom stereocenters. The minimum Gasteiger partial charge on any atom is -0.327 e. The molecule has 1 aliphatic heterocycles. The molecule has 2 aliphatic rings. The van der Waals surface area contributed by atoms with Crippen LogP contribution in [0.4, 0.5) is 0 Å². The van der Waals surface area contributed by atoms with Gasteiger partial charge in [-0.3, -0.25) is 0 Å². The summed E-state index contributed by atoms with van der Waals surface area (Å²) in [4.78, 5) is 2.52. The summed E-state index contributed by atoms with van der Waals surface area (Å²) in [6.07, 6.45) is 0. The predicted octanol–water partition coefficient (Wildman–Crippen LogP) is 0.921. The molecule has 2 unspecified atom stereocenters. The molecule has 1 heterocycles. The Hall–Kier alpha value is -0.0800. The van der Waals surface area contributed by atoms with Gasteiger partial charge in [-0.1, -0.05) is 13.8 Å². The minimum atomic E-state index is 0.339. The summed E-state index contributed by atoms with van der Waals surface area (Å²) in [6.45, 7) is 10.5. The number of hydrogen-bond acceptors (Lipinski definition) is 2. The molecule has 0 aromatic heterocycles. The molecule has 2 rings (SSSR count). The maximum Gasteiger partial charge on any atom is 0.0139 e. The highest BCUT2D eigenvalue weighted by Gasteiger charge is 2.61. The third kappa shape index (κ3) is 1.17. The molecule has 70 valence electrons. The zero-order valence-electron chi connectivity index (χ0n) is 8.38. The normalized spacial score (nSPS) is 41.0. The second kappa shape index (κ2) is 2.46. The first-order chi connectivity index (χ1) is 5.51. The smallest absolute Gasteiger partial charge is 0.0139 e. The molecular weight excluding hydrogens is 148 g/mol. The van der Waals surface area contributed by atoms with E-state index in [1.165, 1.54) is 13.1 Å². The van der Waals surface area contributed by atoms with E-state index in [4.69, 9.17) is 5.73 Å². The lowest BCUT2D eigenvalue weighted by Crippen LogP contribution is -2.36. The van der Waals surface area contributed by atoms with Crippen molar-refractivity contribution >= 4 is 0 Å². The van der Waals surface area contributed by atoms with Crippen LogP contribution < -0.4 is 5.73 Å². The van der Waals surface area contributed by atoms with Gasteiger partial charge in [0, 0.05) is 25.7 Å². The van der Waals surface area contributed by atoms with Crippen molar-refractivity contribution < 1.29 is 0 Å². The Labute approximate surface area is 75.1 Å². The topological polar surface area (TPSA) is 29.3 Å². The fourth-order valence-corrected chi connectivity index (χ4v) is 2.77. The van der Waals surface area contributed by atoms with Gasteiger partial charge >= 0.3 is 0 Å². The molecule has 1 saturated heterocycles. The predicted molar refractivity (Wildman–Crippen MR) is 50.9 cm³/mol. The summed E-state index contributed by atoms with van der Waals surface area (Å²) in [5.41, 5.74) is 6.41. The molecule has 1 saturated carbocycles. The molecule has 0 spiro atoms. The van der Waals surface area contributed by atoms with Crippen LogP contribution >= 0.6 is 0 Å². The Morgan fingerprint density at radius 3 is 2.33 bits per heavy atom. The van der Waals surface area contributed by atoms with Crippen molar-refractivity contribution in [2.24, 2.45) is 23.0 Å². The van der Waals surface area contributed by atoms with Crippen molar-refractivity contribution in [3.05, 3.63) is 0 Å². The Kier molecular flexibility index (Phi) is 1.74. The lowest BCUT2D eigenvalue weighted by molar-refractivity contribution is 0.248. The molecule has 2 N–H and O–H groups in total. The van der Waals surface area contributed by atoms with E-state index in [1.807, 2.05) is 0 Å². The molecular formula is C10H20N2. The molecule has 12 heavy (non-hydrogen) atoms. The average molecular weight is 168 g/mol. The summed E-state index contributed by atoms with van der Waals surface area (Å²) in [5, 5.41) is 0. The van der Waals surface area contributed by atoms with E-state index in [1.54, 1.807) is 0 Å². The Balaban J connectivity index is 1.82. The average Bonchev–Trinajstić information content (AvgIpc) is 2.38. The van der Waals surface area contributed by atoms with Crippen LogP contribution in [0.25, 0.3) is 0 Å². The van der Waals surface area contributed by atoms with Crippen molar-refractivity contribution in [1.29, 1.82) is 0 Å². The summed E-state index contributed by atoms with van der Waals surface area (Å²) in [6, 6.07) is 0.339. The lowest BCUT2D eigenvalue weighted by Gasteiger charge is -2.23. The minimum absolute atomic E-state index is 0.339. The van der Waals surface area contributed by atoms with Crippen LogP contribution in [0.3, 0.4) is 0 Å². The molecule has 0 radical (unpaired) electrons. The number of rotatable bonds is 2. The van der Waals surface area contributed by atoms with Crippen molar-refractivity contribution in [2.75, 3.05) is 19.6 Å². The van der Waals surface area contributed by atoms with Crippen LogP contribution in [0.15, 0.2) is 0 Å². The zero-order valence-corrected chi connectivity index (χ0v) is 8.38. The van der Waals surface area contributed by atoms with Gasteiger partial charge in [0.15, 0.2) is 0 Å². The summed E-state index contributed by atoms with van der Waals surface area (Å²) >= 11 is 0. The first-order valence-electron chi connectivity index (χ1n) is 4.99. The molecule has 2 nitrogen and oxygen atoms in total. The Bertz CT molecular complexity index is 172. The van der Waals surface area contributed by atoms with E-state index in [2.05, 4.69) is 25.7 Å². The van der Waals surface area contributed by atoms with Gasteiger partial charge in [0.2, 0.25) is 0 Å².